The predicted molar refractivity (Wildman–Crippen MR) is 91.0 cm³/mol. The van der Waals surface area contributed by atoms with E-state index in [1.165, 1.54) is 36.4 Å². The summed E-state index contributed by atoms with van der Waals surface area (Å²) < 4.78 is 5.28. The van der Waals surface area contributed by atoms with Crippen LogP contribution < -0.4 is 15.4 Å². The van der Waals surface area contributed by atoms with Gasteiger partial charge in [0, 0.05) is 18.2 Å². The first-order valence-electron chi connectivity index (χ1n) is 7.22. The molecule has 0 atom stereocenters. The Kier molecular flexibility index (Phi) is 4.53. The van der Waals surface area contributed by atoms with E-state index >= 15 is 0 Å². The summed E-state index contributed by atoms with van der Waals surface area (Å²) in [4.78, 5) is 33.6. The molecule has 0 fully saturated rings. The largest absolute Gasteiger partial charge is 0.482 e. The highest BCUT2D eigenvalue weighted by atomic mass is 35.5. The van der Waals surface area contributed by atoms with Crippen LogP contribution >= 0.6 is 11.6 Å². The van der Waals surface area contributed by atoms with Crippen LogP contribution in [0.3, 0.4) is 0 Å². The Morgan fingerprint density at radius 3 is 2.72 bits per heavy atom. The lowest BCUT2D eigenvalue weighted by atomic mass is 10.1. The molecule has 2 aromatic carbocycles. The summed E-state index contributed by atoms with van der Waals surface area (Å²) in [5, 5.41) is 16.2. The number of amides is 2. The number of nitrogens with one attached hydrogen (secondary N) is 2. The van der Waals surface area contributed by atoms with Gasteiger partial charge in [-0.05, 0) is 11.6 Å². The van der Waals surface area contributed by atoms with E-state index in [0.717, 1.165) is 0 Å². The molecule has 0 bridgehead atoms. The van der Waals surface area contributed by atoms with Crippen LogP contribution in [-0.4, -0.2) is 23.3 Å². The Labute approximate surface area is 146 Å². The maximum atomic E-state index is 12.2. The van der Waals surface area contributed by atoms with E-state index in [4.69, 9.17) is 16.3 Å². The van der Waals surface area contributed by atoms with Crippen LogP contribution in [0.4, 0.5) is 17.1 Å². The molecule has 0 saturated heterocycles. The van der Waals surface area contributed by atoms with Crippen LogP contribution in [0.5, 0.6) is 5.75 Å². The first kappa shape index (κ1) is 16.7. The van der Waals surface area contributed by atoms with Gasteiger partial charge in [0.2, 0.25) is 5.91 Å². The van der Waals surface area contributed by atoms with Crippen LogP contribution in [0.1, 0.15) is 5.56 Å². The Morgan fingerprint density at radius 2 is 2.04 bits per heavy atom. The summed E-state index contributed by atoms with van der Waals surface area (Å²) in [6, 6.07) is 8.74. The number of nitrogens with zero attached hydrogens (tertiary/aromatic N) is 1. The van der Waals surface area contributed by atoms with Gasteiger partial charge in [0.15, 0.2) is 6.61 Å². The average molecular weight is 362 g/mol. The van der Waals surface area contributed by atoms with E-state index in [2.05, 4.69) is 10.6 Å². The second-order valence-electron chi connectivity index (χ2n) is 5.31. The number of carbonyl (C=O) groups is 2. The number of nitro benzene ring substituents is 1. The number of carbonyl (C=O) groups excluding carboxylic acids is 2. The lowest BCUT2D eigenvalue weighted by molar-refractivity contribution is -0.384. The van der Waals surface area contributed by atoms with E-state index in [0.29, 0.717) is 22.7 Å². The molecule has 1 heterocycles. The molecule has 0 radical (unpaired) electrons. The minimum atomic E-state index is -0.504. The van der Waals surface area contributed by atoms with E-state index in [1.807, 2.05) is 0 Å². The van der Waals surface area contributed by atoms with Crippen molar-refractivity contribution in [3.8, 4) is 5.75 Å². The standard InChI is InChI=1S/C16H12ClN3O5/c17-11-6-13-14(25-8-16(22)19-13)7-12(11)18-15(21)5-9-1-3-10(4-2-9)20(23)24/h1-4,6-7H,5,8H2,(H,18,21)(H,19,22). The molecule has 0 aliphatic carbocycles. The van der Waals surface area contributed by atoms with Crippen molar-refractivity contribution in [3.05, 3.63) is 57.1 Å². The van der Waals surface area contributed by atoms with Gasteiger partial charge in [0.25, 0.3) is 11.6 Å². The van der Waals surface area contributed by atoms with Crippen LogP contribution in [0.25, 0.3) is 0 Å². The highest BCUT2D eigenvalue weighted by Gasteiger charge is 2.19. The van der Waals surface area contributed by atoms with Gasteiger partial charge in [-0.2, -0.15) is 0 Å². The average Bonchev–Trinajstić information content (AvgIpc) is 2.56. The first-order valence-corrected chi connectivity index (χ1v) is 7.59. The van der Waals surface area contributed by atoms with Gasteiger partial charge in [0.05, 0.1) is 27.7 Å². The van der Waals surface area contributed by atoms with Crippen molar-refractivity contribution in [1.29, 1.82) is 0 Å². The molecule has 25 heavy (non-hydrogen) atoms. The SMILES string of the molecule is O=C(Cc1ccc([N+](=O)[O-])cc1)Nc1cc2c(cc1Cl)NC(=O)CO2. The van der Waals surface area contributed by atoms with Gasteiger partial charge in [-0.1, -0.05) is 23.7 Å². The number of halogens is 1. The van der Waals surface area contributed by atoms with Gasteiger partial charge in [-0.25, -0.2) is 0 Å². The molecule has 3 rings (SSSR count). The molecule has 0 saturated carbocycles. The third-order valence-corrected chi connectivity index (χ3v) is 3.80. The van der Waals surface area contributed by atoms with Crippen molar-refractivity contribution in [2.75, 3.05) is 17.2 Å². The summed E-state index contributed by atoms with van der Waals surface area (Å²) in [6.45, 7) is -0.106. The number of benzene rings is 2. The monoisotopic (exact) mass is 361 g/mol. The highest BCUT2D eigenvalue weighted by Crippen LogP contribution is 2.36. The summed E-state index contributed by atoms with van der Waals surface area (Å²) in [5.74, 6) is -0.205. The zero-order valence-corrected chi connectivity index (χ0v) is 13.5. The fourth-order valence-corrected chi connectivity index (χ4v) is 2.52. The predicted octanol–water partition coefficient (Wildman–Crippen LogP) is 2.76. The molecule has 0 spiro atoms. The number of fused-ring (bicyclic) bond motifs is 1. The Balaban J connectivity index is 1.70. The molecule has 9 heteroatoms. The van der Waals surface area contributed by atoms with E-state index in [-0.39, 0.29) is 35.6 Å². The fraction of sp³-hybridized carbons (Fsp3) is 0.125. The molecule has 2 N–H and O–H groups in total. The zero-order valence-electron chi connectivity index (χ0n) is 12.7. The van der Waals surface area contributed by atoms with Crippen molar-refractivity contribution in [2.45, 2.75) is 6.42 Å². The third kappa shape index (κ3) is 3.86. The number of hydrogen-bond donors (Lipinski definition) is 2. The quantitative estimate of drug-likeness (QED) is 0.642. The minimum absolute atomic E-state index is 0.0308. The number of hydrogen-bond acceptors (Lipinski definition) is 5. The minimum Gasteiger partial charge on any atom is -0.482 e. The normalized spacial score (nSPS) is 12.6. The van der Waals surface area contributed by atoms with E-state index < -0.39 is 4.92 Å². The van der Waals surface area contributed by atoms with Crippen LogP contribution in [0.2, 0.25) is 5.02 Å². The van der Waals surface area contributed by atoms with Crippen LogP contribution in [0.15, 0.2) is 36.4 Å². The van der Waals surface area contributed by atoms with Crippen LogP contribution in [-0.2, 0) is 16.0 Å². The molecule has 128 valence electrons. The van der Waals surface area contributed by atoms with E-state index in [1.54, 1.807) is 0 Å². The molecule has 2 aromatic rings. The summed E-state index contributed by atoms with van der Waals surface area (Å²) in [7, 11) is 0. The smallest absolute Gasteiger partial charge is 0.269 e. The van der Waals surface area contributed by atoms with Gasteiger partial charge >= 0.3 is 0 Å². The maximum Gasteiger partial charge on any atom is 0.269 e. The number of ether oxygens (including phenoxy) is 1. The molecule has 0 aromatic heterocycles. The second-order valence-corrected chi connectivity index (χ2v) is 5.72. The molecule has 8 nitrogen and oxygen atoms in total. The third-order valence-electron chi connectivity index (χ3n) is 3.49. The second kappa shape index (κ2) is 6.78. The number of non-ortho nitro benzene ring substituents is 1. The lowest BCUT2D eigenvalue weighted by Gasteiger charge is -2.19. The van der Waals surface area contributed by atoms with Gasteiger partial charge in [-0.15, -0.1) is 0 Å². The van der Waals surface area contributed by atoms with Gasteiger partial charge < -0.3 is 15.4 Å². The highest BCUT2D eigenvalue weighted by molar-refractivity contribution is 6.34. The molecular weight excluding hydrogens is 350 g/mol. The Bertz CT molecular complexity index is 867. The van der Waals surface area contributed by atoms with Crippen molar-refractivity contribution >= 4 is 40.5 Å². The zero-order chi connectivity index (χ0) is 18.0. The summed E-state index contributed by atoms with van der Waals surface area (Å²) in [5.41, 5.74) is 1.37. The van der Waals surface area contributed by atoms with Crippen molar-refractivity contribution in [3.63, 3.8) is 0 Å². The summed E-state index contributed by atoms with van der Waals surface area (Å²) in [6.07, 6.45) is 0.0308. The first-order chi connectivity index (χ1) is 11.9. The molecule has 2 amide bonds. The van der Waals surface area contributed by atoms with Crippen molar-refractivity contribution in [2.24, 2.45) is 0 Å². The van der Waals surface area contributed by atoms with E-state index in [9.17, 15) is 19.7 Å². The molecule has 0 unspecified atom stereocenters. The molecule has 1 aliphatic heterocycles. The maximum absolute atomic E-state index is 12.2. The molecule has 1 aliphatic rings. The van der Waals surface area contributed by atoms with Crippen molar-refractivity contribution in [1.82, 2.24) is 0 Å². The van der Waals surface area contributed by atoms with Crippen molar-refractivity contribution < 1.29 is 19.2 Å². The molecular formula is C16H12ClN3O5. The van der Waals surface area contributed by atoms with Gasteiger partial charge in [0.1, 0.15) is 5.75 Å². The lowest BCUT2D eigenvalue weighted by Crippen LogP contribution is -2.25. The number of nitro groups is 1. The van der Waals surface area contributed by atoms with Crippen LogP contribution in [0, 0.1) is 10.1 Å². The summed E-state index contributed by atoms with van der Waals surface area (Å²) >= 11 is 6.12. The fourth-order valence-electron chi connectivity index (χ4n) is 2.31. The van der Waals surface area contributed by atoms with Gasteiger partial charge in [-0.3, -0.25) is 19.7 Å². The Hall–Kier alpha value is -3.13. The number of rotatable bonds is 4. The number of anilines is 2. The topological polar surface area (TPSA) is 111 Å². The Morgan fingerprint density at radius 1 is 1.32 bits per heavy atom.